The third-order valence-corrected chi connectivity index (χ3v) is 7.59. The largest absolute Gasteiger partial charge is 0.456 e. The summed E-state index contributed by atoms with van der Waals surface area (Å²) in [5, 5.41) is 0. The van der Waals surface area contributed by atoms with E-state index in [1.807, 2.05) is 30.3 Å². The minimum absolute atomic E-state index is 0.0134. The number of fused-ring (bicyclic) bond motifs is 2. The number of aromatic nitrogens is 2. The van der Waals surface area contributed by atoms with Crippen LogP contribution in [0.15, 0.2) is 42.5 Å². The lowest BCUT2D eigenvalue weighted by Gasteiger charge is -2.47. The molecule has 0 radical (unpaired) electrons. The molecule has 6 nitrogen and oxygen atoms in total. The number of methoxy groups -OCH3 is 1. The molecule has 36 heavy (non-hydrogen) atoms. The number of carbonyl (C=O) groups excluding carboxylic acids is 1. The Labute approximate surface area is 213 Å². The van der Waals surface area contributed by atoms with E-state index >= 15 is 0 Å². The first-order valence-electron chi connectivity index (χ1n) is 12.9. The van der Waals surface area contributed by atoms with Gasteiger partial charge in [-0.15, -0.1) is 0 Å². The topological polar surface area (TPSA) is 67.5 Å². The Morgan fingerprint density at radius 3 is 2.81 bits per heavy atom. The van der Waals surface area contributed by atoms with Crippen LogP contribution in [0.5, 0.6) is 0 Å². The van der Waals surface area contributed by atoms with Gasteiger partial charge in [0.15, 0.2) is 0 Å². The average Bonchev–Trinajstić information content (AvgIpc) is 3.26. The number of nitrogens with zero attached hydrogens (tertiary/aromatic N) is 2. The molecule has 194 valence electrons. The van der Waals surface area contributed by atoms with Gasteiger partial charge in [-0.3, -0.25) is 0 Å². The first-order chi connectivity index (χ1) is 17.3. The third kappa shape index (κ3) is 5.79. The number of aromatic amines is 1. The highest BCUT2D eigenvalue weighted by Crippen LogP contribution is 2.48. The number of para-hydroxylation sites is 2. The summed E-state index contributed by atoms with van der Waals surface area (Å²) in [6, 6.07) is 13.1. The maximum absolute atomic E-state index is 14.0. The standard InChI is InChI=1S/C29H38FN3O3/c1-20(2)29(36-28(34)19-35-4)15-13-21-18-22(30)11-12-23(21)24(29)14-17-33(3)16-7-10-27-31-25-8-5-6-9-26(25)32-27/h5-6,8-9,11-12,18,20,24H,7,10,13-17,19H2,1-4H3,(H,31,32). The van der Waals surface area contributed by atoms with Crippen LogP contribution in [0.3, 0.4) is 0 Å². The van der Waals surface area contributed by atoms with E-state index in [2.05, 4.69) is 35.8 Å². The Bertz CT molecular complexity index is 1140. The van der Waals surface area contributed by atoms with Crippen LogP contribution < -0.4 is 0 Å². The predicted octanol–water partition coefficient (Wildman–Crippen LogP) is 5.27. The lowest BCUT2D eigenvalue weighted by molar-refractivity contribution is -0.175. The van der Waals surface area contributed by atoms with Gasteiger partial charge in [0.25, 0.3) is 0 Å². The molecule has 0 spiro atoms. The number of aryl methyl sites for hydroxylation is 2. The highest BCUT2D eigenvalue weighted by atomic mass is 19.1. The molecule has 3 aromatic rings. The van der Waals surface area contributed by atoms with E-state index in [-0.39, 0.29) is 30.2 Å². The number of nitrogens with one attached hydrogen (secondary N) is 1. The van der Waals surface area contributed by atoms with Gasteiger partial charge in [-0.1, -0.05) is 32.0 Å². The summed E-state index contributed by atoms with van der Waals surface area (Å²) >= 11 is 0. The van der Waals surface area contributed by atoms with E-state index in [9.17, 15) is 9.18 Å². The summed E-state index contributed by atoms with van der Waals surface area (Å²) in [6.07, 6.45) is 4.06. The molecule has 0 fully saturated rings. The molecule has 2 unspecified atom stereocenters. The molecule has 1 aliphatic carbocycles. The van der Waals surface area contributed by atoms with Crippen LogP contribution in [0, 0.1) is 11.7 Å². The fraction of sp³-hybridized carbons (Fsp3) is 0.517. The first-order valence-corrected chi connectivity index (χ1v) is 12.9. The van der Waals surface area contributed by atoms with Crippen molar-refractivity contribution in [3.05, 3.63) is 65.2 Å². The average molecular weight is 496 g/mol. The summed E-state index contributed by atoms with van der Waals surface area (Å²) in [6.45, 7) is 5.92. The molecule has 7 heteroatoms. The minimum atomic E-state index is -0.643. The molecule has 2 aromatic carbocycles. The lowest BCUT2D eigenvalue weighted by Crippen LogP contribution is -2.50. The van der Waals surface area contributed by atoms with Gasteiger partial charge in [-0.2, -0.15) is 0 Å². The zero-order valence-electron chi connectivity index (χ0n) is 21.9. The molecule has 0 bridgehead atoms. The van der Waals surface area contributed by atoms with Crippen molar-refractivity contribution < 1.29 is 18.7 Å². The van der Waals surface area contributed by atoms with E-state index in [4.69, 9.17) is 9.47 Å². The van der Waals surface area contributed by atoms with Crippen LogP contribution in [0.2, 0.25) is 0 Å². The maximum atomic E-state index is 14.0. The Morgan fingerprint density at radius 2 is 2.06 bits per heavy atom. The van der Waals surface area contributed by atoms with E-state index in [0.717, 1.165) is 60.3 Å². The van der Waals surface area contributed by atoms with Crippen LogP contribution in [0.25, 0.3) is 11.0 Å². The number of H-pyrrole nitrogens is 1. The van der Waals surface area contributed by atoms with E-state index < -0.39 is 5.60 Å². The van der Waals surface area contributed by atoms with Gasteiger partial charge in [-0.25, -0.2) is 14.2 Å². The van der Waals surface area contributed by atoms with Crippen LogP contribution in [0.4, 0.5) is 4.39 Å². The van der Waals surface area contributed by atoms with Crippen molar-refractivity contribution in [2.75, 3.05) is 33.9 Å². The molecule has 1 aliphatic rings. The van der Waals surface area contributed by atoms with Crippen molar-refractivity contribution in [3.8, 4) is 0 Å². The van der Waals surface area contributed by atoms with Crippen LogP contribution >= 0.6 is 0 Å². The van der Waals surface area contributed by atoms with Crippen molar-refractivity contribution in [1.82, 2.24) is 14.9 Å². The smallest absolute Gasteiger partial charge is 0.332 e. The summed E-state index contributed by atoms with van der Waals surface area (Å²) in [5.74, 6) is 0.543. The summed E-state index contributed by atoms with van der Waals surface area (Å²) in [4.78, 5) is 23.0. The molecular formula is C29H38FN3O3. The number of rotatable bonds is 11. The van der Waals surface area contributed by atoms with E-state index in [0.29, 0.717) is 12.8 Å². The fourth-order valence-corrected chi connectivity index (χ4v) is 5.69. The van der Waals surface area contributed by atoms with E-state index in [1.54, 1.807) is 6.07 Å². The summed E-state index contributed by atoms with van der Waals surface area (Å²) < 4.78 is 25.3. The number of benzene rings is 2. The zero-order valence-corrected chi connectivity index (χ0v) is 21.9. The molecule has 0 saturated carbocycles. The van der Waals surface area contributed by atoms with Gasteiger partial charge in [0.2, 0.25) is 0 Å². The van der Waals surface area contributed by atoms with Crippen molar-refractivity contribution in [3.63, 3.8) is 0 Å². The number of imidazole rings is 1. The molecule has 0 saturated heterocycles. The second-order valence-electron chi connectivity index (χ2n) is 10.3. The van der Waals surface area contributed by atoms with Crippen molar-refractivity contribution in [2.24, 2.45) is 5.92 Å². The molecule has 1 aromatic heterocycles. The number of carbonyl (C=O) groups is 1. The maximum Gasteiger partial charge on any atom is 0.332 e. The Kier molecular flexibility index (Phi) is 8.42. The van der Waals surface area contributed by atoms with Gasteiger partial charge in [0, 0.05) is 19.4 Å². The number of hydrogen-bond acceptors (Lipinski definition) is 5. The fourth-order valence-electron chi connectivity index (χ4n) is 5.69. The highest BCUT2D eigenvalue weighted by molar-refractivity contribution is 5.74. The SMILES string of the molecule is COCC(=O)OC1(C(C)C)CCc2cc(F)ccc2C1CCN(C)CCCc1nc2ccccc2[nH]1. The quantitative estimate of drug-likeness (QED) is 0.367. The number of esters is 1. The van der Waals surface area contributed by atoms with Crippen LogP contribution in [-0.4, -0.2) is 60.3 Å². The lowest BCUT2D eigenvalue weighted by atomic mass is 9.65. The van der Waals surface area contributed by atoms with Crippen molar-refractivity contribution in [1.29, 1.82) is 0 Å². The second-order valence-corrected chi connectivity index (χ2v) is 10.3. The van der Waals surface area contributed by atoms with Gasteiger partial charge < -0.3 is 19.4 Å². The zero-order chi connectivity index (χ0) is 25.7. The van der Waals surface area contributed by atoms with Crippen molar-refractivity contribution >= 4 is 17.0 Å². The van der Waals surface area contributed by atoms with Gasteiger partial charge in [0.05, 0.1) is 11.0 Å². The van der Waals surface area contributed by atoms with Crippen LogP contribution in [-0.2, 0) is 27.1 Å². The molecular weight excluding hydrogens is 457 g/mol. The van der Waals surface area contributed by atoms with Crippen molar-refractivity contribution in [2.45, 2.75) is 57.5 Å². The Morgan fingerprint density at radius 1 is 1.25 bits per heavy atom. The van der Waals surface area contributed by atoms with Crippen LogP contribution in [0.1, 0.15) is 56.0 Å². The second kappa shape index (κ2) is 11.5. The van der Waals surface area contributed by atoms with Gasteiger partial charge >= 0.3 is 5.97 Å². The molecule has 2 atom stereocenters. The Hall–Kier alpha value is -2.77. The molecule has 0 amide bonds. The normalized spacial score (nSPS) is 19.7. The molecule has 1 N–H and O–H groups in total. The van der Waals surface area contributed by atoms with E-state index in [1.165, 1.54) is 13.2 Å². The predicted molar refractivity (Wildman–Crippen MR) is 140 cm³/mol. The number of hydrogen-bond donors (Lipinski definition) is 1. The Balaban J connectivity index is 1.44. The molecule has 1 heterocycles. The molecule has 4 rings (SSSR count). The molecule has 0 aliphatic heterocycles. The van der Waals surface area contributed by atoms with Gasteiger partial charge in [0.1, 0.15) is 23.8 Å². The minimum Gasteiger partial charge on any atom is -0.456 e. The summed E-state index contributed by atoms with van der Waals surface area (Å²) in [5.41, 5.74) is 3.54. The summed E-state index contributed by atoms with van der Waals surface area (Å²) in [7, 11) is 3.63. The first kappa shape index (κ1) is 26.3. The third-order valence-electron chi connectivity index (χ3n) is 7.59. The van der Waals surface area contributed by atoms with Gasteiger partial charge in [-0.05, 0) is 87.1 Å². The monoisotopic (exact) mass is 495 g/mol. The number of ether oxygens (including phenoxy) is 2. The number of halogens is 1. The highest BCUT2D eigenvalue weighted by Gasteiger charge is 2.48.